The number of rotatable bonds is 8. The highest BCUT2D eigenvalue weighted by atomic mass is 28.4. The SMILES string of the molecule is C[C@H]1[C@H]([Si](C)(C)F)[C@@H](CC(=O)N2Cc3ccccc3C[C@H]2CO)O[C@]12C(=O)N(Cc1ccc(N3C(=O)COc4ccccc43)cc1)c1ccc([N+](=O)[O-])cc12. The highest BCUT2D eigenvalue weighted by Crippen LogP contribution is 2.61. The summed E-state index contributed by atoms with van der Waals surface area (Å²) >= 11 is 0. The zero-order valence-electron chi connectivity index (χ0n) is 30.7. The molecule has 4 aliphatic heterocycles. The van der Waals surface area contributed by atoms with Gasteiger partial charge in [-0.25, -0.2) is 0 Å². The van der Waals surface area contributed by atoms with Gasteiger partial charge in [-0.3, -0.25) is 29.4 Å². The van der Waals surface area contributed by atoms with Crippen LogP contribution in [0.15, 0.2) is 91.0 Å². The van der Waals surface area contributed by atoms with Crippen molar-refractivity contribution < 1.29 is 38.0 Å². The number of ether oxygens (including phenoxy) is 2. The molecule has 1 saturated heterocycles. The van der Waals surface area contributed by atoms with Crippen molar-refractivity contribution in [1.82, 2.24) is 4.90 Å². The van der Waals surface area contributed by atoms with Crippen molar-refractivity contribution in [1.29, 1.82) is 0 Å². The molecule has 284 valence electrons. The van der Waals surface area contributed by atoms with Gasteiger partial charge in [-0.15, -0.1) is 0 Å². The first-order valence-electron chi connectivity index (χ1n) is 18.4. The molecule has 4 aromatic carbocycles. The second-order valence-corrected chi connectivity index (χ2v) is 19.1. The summed E-state index contributed by atoms with van der Waals surface area (Å²) in [6.45, 7) is 4.80. The van der Waals surface area contributed by atoms with E-state index >= 15 is 4.11 Å². The Morgan fingerprint density at radius 3 is 2.42 bits per heavy atom. The monoisotopic (exact) mass is 764 g/mol. The Balaban J connectivity index is 1.12. The van der Waals surface area contributed by atoms with Gasteiger partial charge >= 0.3 is 0 Å². The van der Waals surface area contributed by atoms with Gasteiger partial charge in [0.25, 0.3) is 17.5 Å². The summed E-state index contributed by atoms with van der Waals surface area (Å²) in [7, 11) is -3.67. The molecule has 0 aliphatic carbocycles. The molecular formula is C41H41FN4O8Si. The lowest BCUT2D eigenvalue weighted by molar-refractivity contribution is -0.385. The molecule has 1 fully saturated rings. The van der Waals surface area contributed by atoms with E-state index in [4.69, 9.17) is 9.47 Å². The van der Waals surface area contributed by atoms with E-state index in [-0.39, 0.29) is 55.8 Å². The summed E-state index contributed by atoms with van der Waals surface area (Å²) in [4.78, 5) is 58.2. The van der Waals surface area contributed by atoms with Crippen molar-refractivity contribution in [3.63, 3.8) is 0 Å². The molecule has 4 aromatic rings. The minimum Gasteiger partial charge on any atom is -0.482 e. The third kappa shape index (κ3) is 6.08. The quantitative estimate of drug-likeness (QED) is 0.0953. The van der Waals surface area contributed by atoms with Crippen molar-refractivity contribution in [2.24, 2.45) is 5.92 Å². The number of aliphatic hydroxyl groups excluding tert-OH is 1. The van der Waals surface area contributed by atoms with E-state index in [1.807, 2.05) is 36.4 Å². The normalized spacial score (nSPS) is 24.4. The number of anilines is 3. The average Bonchev–Trinajstić information content (AvgIpc) is 3.60. The van der Waals surface area contributed by atoms with E-state index in [1.54, 1.807) is 53.1 Å². The van der Waals surface area contributed by atoms with E-state index in [0.29, 0.717) is 34.8 Å². The Labute approximate surface area is 318 Å². The molecule has 12 nitrogen and oxygen atoms in total. The van der Waals surface area contributed by atoms with Crippen LogP contribution in [0.2, 0.25) is 18.6 Å². The van der Waals surface area contributed by atoms with Crippen LogP contribution in [0.1, 0.15) is 35.6 Å². The maximum absolute atomic E-state index is 16.6. The Morgan fingerprint density at radius 2 is 1.71 bits per heavy atom. The Hall–Kier alpha value is -5.44. The molecule has 0 unspecified atom stereocenters. The van der Waals surface area contributed by atoms with Crippen LogP contribution >= 0.6 is 0 Å². The van der Waals surface area contributed by atoms with Crippen molar-refractivity contribution in [3.05, 3.63) is 123 Å². The number of hydrogen-bond acceptors (Lipinski definition) is 8. The minimum absolute atomic E-state index is 0.0610. The number of carbonyl (C=O) groups excluding carboxylic acids is 3. The lowest BCUT2D eigenvalue weighted by atomic mass is 9.82. The molecule has 1 spiro atoms. The minimum atomic E-state index is -3.67. The van der Waals surface area contributed by atoms with Gasteiger partial charge in [0.2, 0.25) is 14.3 Å². The van der Waals surface area contributed by atoms with Crippen molar-refractivity contribution in [2.45, 2.75) is 69.2 Å². The van der Waals surface area contributed by atoms with E-state index in [0.717, 1.165) is 11.1 Å². The van der Waals surface area contributed by atoms with Crippen LogP contribution in [-0.4, -0.2) is 66.4 Å². The summed E-state index contributed by atoms with van der Waals surface area (Å²) in [6.07, 6.45) is -0.758. The standard InChI is InChI=1S/C41H41FN4O8Si/c1-25-39(55(2,3)42)36(20-37(48)43-22-28-9-5-4-8-27(28)18-31(43)23-47)54-41(25)32-19-30(46(51)52)16-17-33(32)44(40(41)50)21-26-12-14-29(15-13-26)45-34-10-6-7-11-35(34)53-24-38(45)49/h4-17,19,25,31,36,39,47H,18,20-24H2,1-3H3/t25-,31-,36+,39-,41+/m0/s1. The smallest absolute Gasteiger partial charge is 0.269 e. The van der Waals surface area contributed by atoms with Crippen LogP contribution < -0.4 is 14.5 Å². The maximum Gasteiger partial charge on any atom is 0.269 e. The molecule has 5 atom stereocenters. The van der Waals surface area contributed by atoms with E-state index in [9.17, 15) is 29.6 Å². The number of fused-ring (bicyclic) bond motifs is 4. The van der Waals surface area contributed by atoms with Gasteiger partial charge < -0.3 is 28.5 Å². The van der Waals surface area contributed by atoms with Gasteiger partial charge in [-0.05, 0) is 66.5 Å². The second-order valence-electron chi connectivity index (χ2n) is 15.3. The Bertz CT molecular complexity index is 2210. The van der Waals surface area contributed by atoms with E-state index in [1.165, 1.54) is 36.2 Å². The average molecular weight is 765 g/mol. The number of halogens is 1. The first-order valence-corrected chi connectivity index (χ1v) is 21.4. The molecule has 4 heterocycles. The molecule has 55 heavy (non-hydrogen) atoms. The second kappa shape index (κ2) is 13.7. The fourth-order valence-corrected chi connectivity index (χ4v) is 11.6. The summed E-state index contributed by atoms with van der Waals surface area (Å²) in [6, 6.07) is 25.9. The highest BCUT2D eigenvalue weighted by molar-refractivity contribution is 6.72. The number of benzene rings is 4. The number of nitro groups is 1. The number of non-ortho nitro benzene ring substituents is 1. The molecule has 0 radical (unpaired) electrons. The van der Waals surface area contributed by atoms with E-state index in [2.05, 4.69) is 0 Å². The van der Waals surface area contributed by atoms with E-state index < -0.39 is 48.4 Å². The maximum atomic E-state index is 16.6. The molecular weight excluding hydrogens is 724 g/mol. The van der Waals surface area contributed by atoms with Crippen LogP contribution in [0.4, 0.5) is 26.9 Å². The molecule has 14 heteroatoms. The summed E-state index contributed by atoms with van der Waals surface area (Å²) < 4.78 is 28.9. The zero-order chi connectivity index (χ0) is 38.8. The number of hydrogen-bond donors (Lipinski definition) is 1. The van der Waals surface area contributed by atoms with Crippen molar-refractivity contribution in [2.75, 3.05) is 23.0 Å². The molecule has 0 aromatic heterocycles. The van der Waals surface area contributed by atoms with Gasteiger partial charge in [-0.2, -0.15) is 0 Å². The molecule has 3 amide bonds. The predicted octanol–water partition coefficient (Wildman–Crippen LogP) is 6.31. The number of nitrogens with zero attached hydrogens (tertiary/aromatic N) is 4. The largest absolute Gasteiger partial charge is 0.482 e. The Kier molecular flexibility index (Phi) is 9.09. The third-order valence-electron chi connectivity index (χ3n) is 11.7. The number of nitro benzene ring substituents is 1. The van der Waals surface area contributed by atoms with Crippen LogP contribution in [0.25, 0.3) is 0 Å². The number of aliphatic hydroxyl groups is 1. The molecule has 0 saturated carbocycles. The predicted molar refractivity (Wildman–Crippen MR) is 204 cm³/mol. The Morgan fingerprint density at radius 1 is 1.00 bits per heavy atom. The third-order valence-corrected chi connectivity index (χ3v) is 14.1. The van der Waals surface area contributed by atoms with Crippen molar-refractivity contribution in [3.8, 4) is 5.75 Å². The molecule has 0 bridgehead atoms. The van der Waals surface area contributed by atoms with Crippen LogP contribution in [0, 0.1) is 16.0 Å². The summed E-state index contributed by atoms with van der Waals surface area (Å²) in [5.74, 6) is -1.24. The number of para-hydroxylation sites is 2. The first kappa shape index (κ1) is 36.5. The fourth-order valence-electron chi connectivity index (χ4n) is 9.16. The van der Waals surface area contributed by atoms with Crippen LogP contribution in [-0.2, 0) is 44.2 Å². The lowest BCUT2D eigenvalue weighted by Crippen LogP contribution is -2.48. The lowest BCUT2D eigenvalue weighted by Gasteiger charge is -2.37. The number of amides is 3. The van der Waals surface area contributed by atoms with Crippen LogP contribution in [0.3, 0.4) is 0 Å². The highest BCUT2D eigenvalue weighted by Gasteiger charge is 2.67. The van der Waals surface area contributed by atoms with Crippen molar-refractivity contribution >= 4 is 48.9 Å². The fraction of sp³-hybridized carbons (Fsp3) is 0.341. The van der Waals surface area contributed by atoms with Crippen LogP contribution in [0.5, 0.6) is 5.75 Å². The number of carbonyl (C=O) groups is 3. The van der Waals surface area contributed by atoms with Gasteiger partial charge in [0.1, 0.15) is 5.75 Å². The molecule has 1 N–H and O–H groups in total. The van der Waals surface area contributed by atoms with Gasteiger partial charge in [0.05, 0.1) is 48.0 Å². The first-order chi connectivity index (χ1) is 26.3. The summed E-state index contributed by atoms with van der Waals surface area (Å²) in [5.41, 5.74) is 1.78. The molecule has 4 aliphatic rings. The zero-order valence-corrected chi connectivity index (χ0v) is 31.7. The van der Waals surface area contributed by atoms with Gasteiger partial charge in [-0.1, -0.05) is 55.5 Å². The summed E-state index contributed by atoms with van der Waals surface area (Å²) in [5, 5.41) is 22.3. The van der Waals surface area contributed by atoms with Gasteiger partial charge in [0.15, 0.2) is 12.2 Å². The van der Waals surface area contributed by atoms with Gasteiger partial charge in [0, 0.05) is 41.4 Å². The molecule has 8 rings (SSSR count). The topological polar surface area (TPSA) is 143 Å².